The Morgan fingerprint density at radius 2 is 1.84 bits per heavy atom. The van der Waals surface area contributed by atoms with E-state index < -0.39 is 17.5 Å². The summed E-state index contributed by atoms with van der Waals surface area (Å²) in [6.45, 7) is 5.94. The van der Waals surface area contributed by atoms with Crippen molar-refractivity contribution in [3.8, 4) is 0 Å². The van der Waals surface area contributed by atoms with Crippen LogP contribution in [0.3, 0.4) is 0 Å². The molecule has 1 aromatic rings. The number of carboxylic acids is 1. The van der Waals surface area contributed by atoms with E-state index in [-0.39, 0.29) is 5.92 Å². The van der Waals surface area contributed by atoms with Crippen LogP contribution in [-0.2, 0) is 10.4 Å². The Bertz CT molecular complexity index is 400. The normalized spacial score (nSPS) is 16.1. The third-order valence-electron chi connectivity index (χ3n) is 3.45. The predicted molar refractivity (Wildman–Crippen MR) is 75.8 cm³/mol. The lowest BCUT2D eigenvalue weighted by atomic mass is 9.74. The van der Waals surface area contributed by atoms with E-state index >= 15 is 0 Å². The summed E-state index contributed by atoms with van der Waals surface area (Å²) < 4.78 is 0. The van der Waals surface area contributed by atoms with Gasteiger partial charge in [-0.2, -0.15) is 0 Å². The van der Waals surface area contributed by atoms with Crippen molar-refractivity contribution in [3.63, 3.8) is 0 Å². The van der Waals surface area contributed by atoms with E-state index in [0.29, 0.717) is 18.4 Å². The number of rotatable bonds is 7. The molecule has 2 N–H and O–H groups in total. The van der Waals surface area contributed by atoms with Gasteiger partial charge in [0, 0.05) is 0 Å². The Labute approximate surface area is 115 Å². The molecule has 0 saturated carbocycles. The molecule has 106 valence electrons. The lowest BCUT2D eigenvalue weighted by Crippen LogP contribution is -2.41. The van der Waals surface area contributed by atoms with E-state index in [4.69, 9.17) is 0 Å². The van der Waals surface area contributed by atoms with Gasteiger partial charge in [0.15, 0.2) is 0 Å². The lowest BCUT2D eigenvalue weighted by molar-refractivity contribution is -0.155. The highest BCUT2D eigenvalue weighted by molar-refractivity contribution is 5.72. The third kappa shape index (κ3) is 3.80. The van der Waals surface area contributed by atoms with Crippen molar-refractivity contribution >= 4 is 5.97 Å². The van der Waals surface area contributed by atoms with Crippen LogP contribution in [0.25, 0.3) is 0 Å². The second-order valence-corrected chi connectivity index (χ2v) is 5.57. The smallest absolute Gasteiger partial charge is 0.309 e. The van der Waals surface area contributed by atoms with E-state index in [2.05, 4.69) is 0 Å². The summed E-state index contributed by atoms with van der Waals surface area (Å²) in [5, 5.41) is 20.5. The van der Waals surface area contributed by atoms with Crippen LogP contribution in [0.1, 0.15) is 45.6 Å². The summed E-state index contributed by atoms with van der Waals surface area (Å²) in [4.78, 5) is 11.5. The number of aliphatic hydroxyl groups is 1. The summed E-state index contributed by atoms with van der Waals surface area (Å²) in [6.07, 6.45) is 1.67. The van der Waals surface area contributed by atoms with Gasteiger partial charge in [-0.15, -0.1) is 0 Å². The van der Waals surface area contributed by atoms with Gasteiger partial charge in [-0.25, -0.2) is 0 Å². The molecule has 0 spiro atoms. The van der Waals surface area contributed by atoms with E-state index in [0.717, 1.165) is 6.42 Å². The van der Waals surface area contributed by atoms with Gasteiger partial charge in [0.05, 0.1) is 5.92 Å². The molecule has 0 aliphatic carbocycles. The standard InChI is InChI=1S/C16H24O3/c1-4-8-14(15(17)18)16(19,11-12(2)3)13-9-6-5-7-10-13/h5-7,9-10,12,14,19H,4,8,11H2,1-3H3,(H,17,18). The molecule has 0 bridgehead atoms. The van der Waals surface area contributed by atoms with Gasteiger partial charge < -0.3 is 10.2 Å². The minimum Gasteiger partial charge on any atom is -0.481 e. The van der Waals surface area contributed by atoms with Gasteiger partial charge in [0.25, 0.3) is 0 Å². The Morgan fingerprint density at radius 3 is 2.26 bits per heavy atom. The molecule has 0 saturated heterocycles. The number of hydrogen-bond acceptors (Lipinski definition) is 2. The minimum atomic E-state index is -1.29. The molecular weight excluding hydrogens is 240 g/mol. The predicted octanol–water partition coefficient (Wildman–Crippen LogP) is 3.42. The zero-order valence-corrected chi connectivity index (χ0v) is 12.0. The topological polar surface area (TPSA) is 57.5 Å². The SMILES string of the molecule is CCCC(C(=O)O)C(O)(CC(C)C)c1ccccc1. The Morgan fingerprint density at radius 1 is 1.26 bits per heavy atom. The second-order valence-electron chi connectivity index (χ2n) is 5.57. The first-order valence-corrected chi connectivity index (χ1v) is 6.92. The first-order chi connectivity index (χ1) is 8.91. The van der Waals surface area contributed by atoms with Gasteiger partial charge in [0.1, 0.15) is 5.60 Å². The zero-order chi connectivity index (χ0) is 14.5. The van der Waals surface area contributed by atoms with Crippen molar-refractivity contribution in [2.24, 2.45) is 11.8 Å². The van der Waals surface area contributed by atoms with Crippen LogP contribution in [0, 0.1) is 11.8 Å². The lowest BCUT2D eigenvalue weighted by Gasteiger charge is -2.36. The molecule has 0 amide bonds. The Balaban J connectivity index is 3.21. The molecule has 1 rings (SSSR count). The molecule has 1 aromatic carbocycles. The molecule has 2 unspecified atom stereocenters. The highest BCUT2D eigenvalue weighted by Crippen LogP contribution is 2.38. The molecule has 3 heteroatoms. The van der Waals surface area contributed by atoms with Crippen LogP contribution < -0.4 is 0 Å². The summed E-state index contributed by atoms with van der Waals surface area (Å²) in [5.74, 6) is -1.46. The average molecular weight is 264 g/mol. The number of benzene rings is 1. The number of carboxylic acid groups (broad SMARTS) is 1. The zero-order valence-electron chi connectivity index (χ0n) is 12.0. The van der Waals surface area contributed by atoms with Crippen LogP contribution >= 0.6 is 0 Å². The van der Waals surface area contributed by atoms with E-state index in [9.17, 15) is 15.0 Å². The van der Waals surface area contributed by atoms with Crippen LogP contribution in [0.5, 0.6) is 0 Å². The van der Waals surface area contributed by atoms with E-state index in [1.54, 1.807) is 0 Å². The summed E-state index contributed by atoms with van der Waals surface area (Å²) in [6, 6.07) is 9.17. The van der Waals surface area contributed by atoms with Crippen LogP contribution in [0.2, 0.25) is 0 Å². The molecule has 0 aromatic heterocycles. The molecule has 0 fully saturated rings. The quantitative estimate of drug-likeness (QED) is 0.793. The van der Waals surface area contributed by atoms with Gasteiger partial charge in [0.2, 0.25) is 0 Å². The highest BCUT2D eigenvalue weighted by atomic mass is 16.4. The molecule has 0 aliphatic heterocycles. The first kappa shape index (κ1) is 15.7. The van der Waals surface area contributed by atoms with E-state index in [1.165, 1.54) is 0 Å². The molecule has 19 heavy (non-hydrogen) atoms. The number of carbonyl (C=O) groups is 1. The number of hydrogen-bond donors (Lipinski definition) is 2. The average Bonchev–Trinajstić information content (AvgIpc) is 2.35. The van der Waals surface area contributed by atoms with Gasteiger partial charge >= 0.3 is 5.97 Å². The fourth-order valence-corrected chi connectivity index (χ4v) is 2.67. The first-order valence-electron chi connectivity index (χ1n) is 6.92. The summed E-state index contributed by atoms with van der Waals surface area (Å²) in [7, 11) is 0. The van der Waals surface area contributed by atoms with Crippen LogP contribution in [-0.4, -0.2) is 16.2 Å². The maximum atomic E-state index is 11.5. The summed E-state index contributed by atoms with van der Waals surface area (Å²) >= 11 is 0. The molecule has 3 nitrogen and oxygen atoms in total. The highest BCUT2D eigenvalue weighted by Gasteiger charge is 2.42. The largest absolute Gasteiger partial charge is 0.481 e. The third-order valence-corrected chi connectivity index (χ3v) is 3.45. The molecule has 0 aliphatic rings. The van der Waals surface area contributed by atoms with Crippen molar-refractivity contribution in [2.45, 2.75) is 45.6 Å². The molecular formula is C16H24O3. The Kier molecular flexibility index (Phi) is 5.55. The van der Waals surface area contributed by atoms with Crippen molar-refractivity contribution in [1.82, 2.24) is 0 Å². The molecule has 0 heterocycles. The fraction of sp³-hybridized carbons (Fsp3) is 0.562. The molecule has 2 atom stereocenters. The second kappa shape index (κ2) is 6.71. The van der Waals surface area contributed by atoms with E-state index in [1.807, 2.05) is 51.1 Å². The minimum absolute atomic E-state index is 0.226. The van der Waals surface area contributed by atoms with Gasteiger partial charge in [-0.3, -0.25) is 4.79 Å². The van der Waals surface area contributed by atoms with Crippen molar-refractivity contribution < 1.29 is 15.0 Å². The van der Waals surface area contributed by atoms with Crippen molar-refractivity contribution in [1.29, 1.82) is 0 Å². The number of aliphatic carboxylic acids is 1. The van der Waals surface area contributed by atoms with Crippen LogP contribution in [0.15, 0.2) is 30.3 Å². The van der Waals surface area contributed by atoms with Gasteiger partial charge in [-0.05, 0) is 24.3 Å². The fourth-order valence-electron chi connectivity index (χ4n) is 2.67. The van der Waals surface area contributed by atoms with Crippen molar-refractivity contribution in [3.05, 3.63) is 35.9 Å². The van der Waals surface area contributed by atoms with Crippen molar-refractivity contribution in [2.75, 3.05) is 0 Å². The summed E-state index contributed by atoms with van der Waals surface area (Å²) in [5.41, 5.74) is -0.596. The molecule has 0 radical (unpaired) electrons. The van der Waals surface area contributed by atoms with Gasteiger partial charge in [-0.1, -0.05) is 57.5 Å². The van der Waals surface area contributed by atoms with Crippen LogP contribution in [0.4, 0.5) is 0 Å². The Hall–Kier alpha value is -1.35. The maximum absolute atomic E-state index is 11.5. The maximum Gasteiger partial charge on any atom is 0.309 e. The monoisotopic (exact) mass is 264 g/mol.